The first kappa shape index (κ1) is 13.6. The van der Waals surface area contributed by atoms with Crippen molar-refractivity contribution in [1.29, 1.82) is 0 Å². The number of rotatable bonds is 6. The second-order valence-electron chi connectivity index (χ2n) is 4.41. The lowest BCUT2D eigenvalue weighted by Gasteiger charge is -2.12. The van der Waals surface area contributed by atoms with Crippen molar-refractivity contribution < 1.29 is 9.84 Å². The molecular weight excluding hydrogens is 238 g/mol. The first-order chi connectivity index (χ1) is 9.29. The Labute approximate surface area is 113 Å². The largest absolute Gasteiger partial charge is 0.491 e. The van der Waals surface area contributed by atoms with Gasteiger partial charge in [0, 0.05) is 6.54 Å². The summed E-state index contributed by atoms with van der Waals surface area (Å²) in [5.41, 5.74) is 2.34. The maximum Gasteiger partial charge on any atom is 0.119 e. The van der Waals surface area contributed by atoms with Gasteiger partial charge in [0.15, 0.2) is 0 Å². The van der Waals surface area contributed by atoms with Gasteiger partial charge < -0.3 is 15.2 Å². The van der Waals surface area contributed by atoms with Crippen LogP contribution in [0.2, 0.25) is 0 Å². The molecule has 0 radical (unpaired) electrons. The molecule has 0 spiro atoms. The zero-order valence-electron chi connectivity index (χ0n) is 11.0. The first-order valence-corrected chi connectivity index (χ1v) is 6.40. The van der Waals surface area contributed by atoms with Gasteiger partial charge in [-0.15, -0.1) is 0 Å². The molecule has 100 valence electrons. The third-order valence-corrected chi connectivity index (χ3v) is 2.84. The van der Waals surface area contributed by atoms with Gasteiger partial charge in [-0.2, -0.15) is 0 Å². The van der Waals surface area contributed by atoms with Gasteiger partial charge in [-0.05, 0) is 30.3 Å². The van der Waals surface area contributed by atoms with Crippen LogP contribution >= 0.6 is 0 Å². The smallest absolute Gasteiger partial charge is 0.119 e. The van der Waals surface area contributed by atoms with Crippen LogP contribution in [-0.4, -0.2) is 31.4 Å². The summed E-state index contributed by atoms with van der Waals surface area (Å²) >= 11 is 0. The molecule has 2 aromatic rings. The van der Waals surface area contributed by atoms with E-state index in [9.17, 15) is 5.11 Å². The topological polar surface area (TPSA) is 41.5 Å². The van der Waals surface area contributed by atoms with Gasteiger partial charge >= 0.3 is 0 Å². The number of likely N-dealkylation sites (N-methyl/N-ethyl adjacent to an activating group) is 1. The third kappa shape index (κ3) is 4.09. The number of hydrogen-bond acceptors (Lipinski definition) is 3. The molecule has 2 rings (SSSR count). The first-order valence-electron chi connectivity index (χ1n) is 6.40. The number of aliphatic hydroxyl groups is 1. The summed E-state index contributed by atoms with van der Waals surface area (Å²) < 4.78 is 5.52. The van der Waals surface area contributed by atoms with Crippen molar-refractivity contribution >= 4 is 0 Å². The van der Waals surface area contributed by atoms with E-state index in [0.29, 0.717) is 13.2 Å². The summed E-state index contributed by atoms with van der Waals surface area (Å²) in [6.45, 7) is 0.827. The summed E-state index contributed by atoms with van der Waals surface area (Å²) in [5, 5.41) is 12.5. The van der Waals surface area contributed by atoms with Crippen molar-refractivity contribution in [3.63, 3.8) is 0 Å². The monoisotopic (exact) mass is 257 g/mol. The molecular formula is C16H19NO2. The second kappa shape index (κ2) is 6.92. The van der Waals surface area contributed by atoms with E-state index in [0.717, 1.165) is 11.3 Å². The highest BCUT2D eigenvalue weighted by atomic mass is 16.5. The highest BCUT2D eigenvalue weighted by molar-refractivity contribution is 5.63. The Bertz CT molecular complexity index is 482. The average Bonchev–Trinajstić information content (AvgIpc) is 2.47. The molecule has 19 heavy (non-hydrogen) atoms. The Hall–Kier alpha value is -1.84. The molecule has 0 bridgehead atoms. The van der Waals surface area contributed by atoms with E-state index >= 15 is 0 Å². The van der Waals surface area contributed by atoms with Crippen molar-refractivity contribution in [2.75, 3.05) is 20.2 Å². The minimum atomic E-state index is -0.487. The SMILES string of the molecule is CNCC(O)COc1ccc(-c2ccccc2)cc1. The van der Waals surface area contributed by atoms with E-state index in [-0.39, 0.29) is 0 Å². The van der Waals surface area contributed by atoms with Gasteiger partial charge in [0.25, 0.3) is 0 Å². The summed E-state index contributed by atoms with van der Waals surface area (Å²) in [4.78, 5) is 0. The zero-order valence-corrected chi connectivity index (χ0v) is 11.0. The Kier molecular flexibility index (Phi) is 4.95. The van der Waals surface area contributed by atoms with Crippen LogP contribution in [0, 0.1) is 0 Å². The molecule has 0 aromatic heterocycles. The Morgan fingerprint density at radius 1 is 1.00 bits per heavy atom. The van der Waals surface area contributed by atoms with Crippen LogP contribution in [0.25, 0.3) is 11.1 Å². The second-order valence-corrected chi connectivity index (χ2v) is 4.41. The number of hydrogen-bond donors (Lipinski definition) is 2. The molecule has 0 amide bonds. The van der Waals surface area contributed by atoms with E-state index < -0.39 is 6.10 Å². The molecule has 0 aliphatic heterocycles. The summed E-state index contributed by atoms with van der Waals surface area (Å²) in [5.74, 6) is 0.773. The fraction of sp³-hybridized carbons (Fsp3) is 0.250. The molecule has 0 saturated carbocycles. The maximum absolute atomic E-state index is 9.56. The molecule has 0 saturated heterocycles. The van der Waals surface area contributed by atoms with Crippen molar-refractivity contribution in [3.8, 4) is 16.9 Å². The minimum Gasteiger partial charge on any atom is -0.491 e. The van der Waals surface area contributed by atoms with Crippen LogP contribution in [0.1, 0.15) is 0 Å². The van der Waals surface area contributed by atoms with Crippen LogP contribution in [0.15, 0.2) is 54.6 Å². The predicted molar refractivity (Wildman–Crippen MR) is 77.3 cm³/mol. The minimum absolute atomic E-state index is 0.297. The van der Waals surface area contributed by atoms with Gasteiger partial charge in [0.1, 0.15) is 18.5 Å². The van der Waals surface area contributed by atoms with Crippen molar-refractivity contribution in [3.05, 3.63) is 54.6 Å². The quantitative estimate of drug-likeness (QED) is 0.834. The molecule has 1 unspecified atom stereocenters. The summed E-state index contributed by atoms with van der Waals surface area (Å²) in [6.07, 6.45) is -0.487. The average molecular weight is 257 g/mol. The molecule has 0 heterocycles. The standard InChI is InChI=1S/C16H19NO2/c1-17-11-15(18)12-19-16-9-7-14(8-10-16)13-5-3-2-4-6-13/h2-10,15,17-18H,11-12H2,1H3. The summed E-state index contributed by atoms with van der Waals surface area (Å²) in [7, 11) is 1.80. The lowest BCUT2D eigenvalue weighted by molar-refractivity contribution is 0.108. The number of benzene rings is 2. The summed E-state index contributed by atoms with van der Waals surface area (Å²) in [6, 6.07) is 18.1. The van der Waals surface area contributed by atoms with Gasteiger partial charge in [0.05, 0.1) is 0 Å². The van der Waals surface area contributed by atoms with E-state index in [4.69, 9.17) is 4.74 Å². The molecule has 1 atom stereocenters. The molecule has 3 nitrogen and oxygen atoms in total. The van der Waals surface area contributed by atoms with Crippen LogP contribution in [-0.2, 0) is 0 Å². The fourth-order valence-electron chi connectivity index (χ4n) is 1.86. The number of nitrogens with one attached hydrogen (secondary N) is 1. The lowest BCUT2D eigenvalue weighted by atomic mass is 10.1. The molecule has 0 aliphatic carbocycles. The Morgan fingerprint density at radius 2 is 1.63 bits per heavy atom. The molecule has 0 aliphatic rings. The predicted octanol–water partition coefficient (Wildman–Crippen LogP) is 2.31. The van der Waals surface area contributed by atoms with Crippen LogP contribution in [0.4, 0.5) is 0 Å². The number of aliphatic hydroxyl groups excluding tert-OH is 1. The van der Waals surface area contributed by atoms with Crippen LogP contribution < -0.4 is 10.1 Å². The number of ether oxygens (including phenoxy) is 1. The van der Waals surface area contributed by atoms with Gasteiger partial charge in [0.2, 0.25) is 0 Å². The molecule has 3 heteroatoms. The Morgan fingerprint density at radius 3 is 2.26 bits per heavy atom. The third-order valence-electron chi connectivity index (χ3n) is 2.84. The normalized spacial score (nSPS) is 12.1. The highest BCUT2D eigenvalue weighted by Crippen LogP contribution is 2.21. The van der Waals surface area contributed by atoms with E-state index in [1.807, 2.05) is 42.5 Å². The maximum atomic E-state index is 9.56. The van der Waals surface area contributed by atoms with E-state index in [1.54, 1.807) is 7.05 Å². The highest BCUT2D eigenvalue weighted by Gasteiger charge is 2.03. The van der Waals surface area contributed by atoms with Gasteiger partial charge in [-0.3, -0.25) is 0 Å². The molecule has 2 N–H and O–H groups in total. The molecule has 2 aromatic carbocycles. The lowest BCUT2D eigenvalue weighted by Crippen LogP contribution is -2.29. The Balaban J connectivity index is 1.95. The fourth-order valence-corrected chi connectivity index (χ4v) is 1.86. The van der Waals surface area contributed by atoms with Crippen LogP contribution in [0.5, 0.6) is 5.75 Å². The van der Waals surface area contributed by atoms with Gasteiger partial charge in [-0.25, -0.2) is 0 Å². The van der Waals surface area contributed by atoms with E-state index in [1.165, 1.54) is 5.56 Å². The van der Waals surface area contributed by atoms with Gasteiger partial charge in [-0.1, -0.05) is 42.5 Å². The van der Waals surface area contributed by atoms with E-state index in [2.05, 4.69) is 17.4 Å². The van der Waals surface area contributed by atoms with Crippen molar-refractivity contribution in [1.82, 2.24) is 5.32 Å². The molecule has 0 fully saturated rings. The van der Waals surface area contributed by atoms with Crippen molar-refractivity contribution in [2.24, 2.45) is 0 Å². The van der Waals surface area contributed by atoms with Crippen LogP contribution in [0.3, 0.4) is 0 Å². The zero-order chi connectivity index (χ0) is 13.5. The van der Waals surface area contributed by atoms with Crippen molar-refractivity contribution in [2.45, 2.75) is 6.10 Å².